The zero-order valence-electron chi connectivity index (χ0n) is 20.6. The number of fused-ring (bicyclic) bond motifs is 6. The van der Waals surface area contributed by atoms with Gasteiger partial charge in [-0.3, -0.25) is 9.78 Å². The molecule has 0 N–H and O–H groups in total. The lowest BCUT2D eigenvalue weighted by atomic mass is 10.0. The van der Waals surface area contributed by atoms with Crippen LogP contribution in [0, 0.1) is 81.4 Å². The van der Waals surface area contributed by atoms with Gasteiger partial charge in [0, 0.05) is 22.3 Å². The first kappa shape index (κ1) is 31.2. The third-order valence-electron chi connectivity index (χ3n) is 7.06. The standard InChI is InChI=1S/C26F18O2/c27-9-1-3-7(25(41,42)5(1)13(31)19(37)15(9)33)23(21(39)17(35)11(3)29)45-46-24-8-4(12(30)18(36)22(24)40)2-6(26(8,43)44)14(32)20(38)16(34)10(2)28. The molecule has 0 spiro atoms. The van der Waals surface area contributed by atoms with Crippen LogP contribution in [-0.4, -0.2) is 0 Å². The Kier molecular flexibility index (Phi) is 6.36. The Bertz CT molecular complexity index is 1960. The molecule has 0 aliphatic heterocycles. The number of hydrogen-bond donors (Lipinski definition) is 0. The van der Waals surface area contributed by atoms with Crippen molar-refractivity contribution >= 4 is 0 Å². The first-order valence-corrected chi connectivity index (χ1v) is 11.5. The Morgan fingerprint density at radius 2 is 0.478 bits per heavy atom. The van der Waals surface area contributed by atoms with Gasteiger partial charge in [0.1, 0.15) is 0 Å². The Morgan fingerprint density at radius 1 is 0.261 bits per heavy atom. The second-order valence-corrected chi connectivity index (χ2v) is 9.37. The van der Waals surface area contributed by atoms with E-state index in [1.807, 2.05) is 0 Å². The molecule has 0 amide bonds. The number of alkyl halides is 4. The van der Waals surface area contributed by atoms with Crippen molar-refractivity contribution in [3.63, 3.8) is 0 Å². The minimum absolute atomic E-state index is 2.26. The fourth-order valence-electron chi connectivity index (χ4n) is 5.16. The Hall–Kier alpha value is -4.78. The SMILES string of the molecule is Fc1c(F)c(F)c2c(c1F)-c1c(F)c(F)c(F)c(OOc3c(F)c(F)c(F)c4c3C(F)(F)c3c(F)c(F)c(F)c(F)c3-4)c1C2(F)F. The normalized spacial score (nSPS) is 15.1. The van der Waals surface area contributed by atoms with Crippen molar-refractivity contribution in [3.05, 3.63) is 104 Å². The van der Waals surface area contributed by atoms with Gasteiger partial charge in [-0.1, -0.05) is 0 Å². The quantitative estimate of drug-likeness (QED) is 0.0704. The summed E-state index contributed by atoms with van der Waals surface area (Å²) < 4.78 is 262. The van der Waals surface area contributed by atoms with Gasteiger partial charge in [0.25, 0.3) is 0 Å². The smallest absolute Gasteiger partial charge is 0.286 e. The van der Waals surface area contributed by atoms with E-state index < -0.39 is 149 Å². The lowest BCUT2D eigenvalue weighted by Gasteiger charge is -2.20. The first-order chi connectivity index (χ1) is 21.2. The summed E-state index contributed by atoms with van der Waals surface area (Å²) in [6.45, 7) is 0. The molecule has 0 atom stereocenters. The molecule has 6 rings (SSSR count). The van der Waals surface area contributed by atoms with Crippen molar-refractivity contribution in [3.8, 4) is 33.8 Å². The summed E-state index contributed by atoms with van der Waals surface area (Å²) in [5, 5.41) is 0. The third kappa shape index (κ3) is 3.48. The summed E-state index contributed by atoms with van der Waals surface area (Å²) in [5.41, 5.74) is -19.4. The zero-order chi connectivity index (χ0) is 34.3. The number of rotatable bonds is 3. The van der Waals surface area contributed by atoms with Crippen LogP contribution in [0.1, 0.15) is 22.3 Å². The van der Waals surface area contributed by atoms with Crippen molar-refractivity contribution in [1.82, 2.24) is 0 Å². The van der Waals surface area contributed by atoms with Gasteiger partial charge >= 0.3 is 11.8 Å². The molecule has 4 aromatic carbocycles. The molecule has 0 saturated carbocycles. The van der Waals surface area contributed by atoms with E-state index in [0.717, 1.165) is 0 Å². The van der Waals surface area contributed by atoms with Crippen LogP contribution in [-0.2, 0) is 11.8 Å². The second-order valence-electron chi connectivity index (χ2n) is 9.37. The largest absolute Gasteiger partial charge is 0.306 e. The van der Waals surface area contributed by atoms with Crippen molar-refractivity contribution in [2.24, 2.45) is 0 Å². The van der Waals surface area contributed by atoms with E-state index >= 15 is 17.6 Å². The highest BCUT2D eigenvalue weighted by Crippen LogP contribution is 2.60. The molecule has 2 aliphatic carbocycles. The van der Waals surface area contributed by atoms with Crippen molar-refractivity contribution in [1.29, 1.82) is 0 Å². The minimum Gasteiger partial charge on any atom is -0.286 e. The zero-order valence-corrected chi connectivity index (χ0v) is 20.6. The molecule has 0 unspecified atom stereocenters. The average Bonchev–Trinajstić information content (AvgIpc) is 3.39. The highest BCUT2D eigenvalue weighted by molar-refractivity contribution is 5.84. The minimum atomic E-state index is -5.46. The topological polar surface area (TPSA) is 18.5 Å². The molecule has 0 bridgehead atoms. The van der Waals surface area contributed by atoms with E-state index in [1.165, 1.54) is 0 Å². The highest BCUT2D eigenvalue weighted by Gasteiger charge is 2.58. The van der Waals surface area contributed by atoms with Gasteiger partial charge in [-0.15, -0.1) is 0 Å². The summed E-state index contributed by atoms with van der Waals surface area (Å²) in [5.74, 6) is -56.9. The molecule has 0 fully saturated rings. The number of halogens is 18. The van der Waals surface area contributed by atoms with Crippen LogP contribution in [0.3, 0.4) is 0 Å². The van der Waals surface area contributed by atoms with Gasteiger partial charge in [0.2, 0.25) is 23.1 Å². The monoisotopic (exact) mass is 686 g/mol. The van der Waals surface area contributed by atoms with E-state index in [0.29, 0.717) is 0 Å². The number of hydrogen-bond acceptors (Lipinski definition) is 2. The first-order valence-electron chi connectivity index (χ1n) is 11.5. The molecule has 46 heavy (non-hydrogen) atoms. The molecule has 0 heterocycles. The highest BCUT2D eigenvalue weighted by atomic mass is 19.3. The van der Waals surface area contributed by atoms with E-state index in [2.05, 4.69) is 9.78 Å². The lowest BCUT2D eigenvalue weighted by molar-refractivity contribution is -0.115. The summed E-state index contributed by atoms with van der Waals surface area (Å²) in [6.07, 6.45) is 0. The third-order valence-corrected chi connectivity index (χ3v) is 7.06. The molecule has 0 aromatic heterocycles. The maximum Gasteiger partial charge on any atom is 0.306 e. The van der Waals surface area contributed by atoms with Crippen LogP contribution in [0.15, 0.2) is 0 Å². The molecule has 0 saturated heterocycles. The van der Waals surface area contributed by atoms with Crippen LogP contribution in [0.5, 0.6) is 11.5 Å². The van der Waals surface area contributed by atoms with E-state index in [4.69, 9.17) is 0 Å². The van der Waals surface area contributed by atoms with Crippen LogP contribution in [0.25, 0.3) is 22.3 Å². The van der Waals surface area contributed by atoms with Gasteiger partial charge in [0.15, 0.2) is 69.8 Å². The van der Waals surface area contributed by atoms with E-state index in [-0.39, 0.29) is 0 Å². The van der Waals surface area contributed by atoms with Crippen molar-refractivity contribution in [2.75, 3.05) is 0 Å². The summed E-state index contributed by atoms with van der Waals surface area (Å²) in [4.78, 5) is 7.84. The second kappa shape index (κ2) is 9.38. The Morgan fingerprint density at radius 3 is 0.761 bits per heavy atom. The number of benzene rings is 4. The average molecular weight is 686 g/mol. The maximum atomic E-state index is 15.3. The summed E-state index contributed by atoms with van der Waals surface area (Å²) in [6, 6.07) is 0. The Balaban J connectivity index is 1.61. The molecule has 2 nitrogen and oxygen atoms in total. The molecule has 2 aliphatic rings. The van der Waals surface area contributed by atoms with Gasteiger partial charge in [0.05, 0.1) is 22.3 Å². The van der Waals surface area contributed by atoms with Gasteiger partial charge < -0.3 is 0 Å². The molecule has 0 radical (unpaired) electrons. The van der Waals surface area contributed by atoms with Crippen LogP contribution >= 0.6 is 0 Å². The van der Waals surface area contributed by atoms with Crippen LogP contribution in [0.4, 0.5) is 79.0 Å². The fourth-order valence-corrected chi connectivity index (χ4v) is 5.16. The molecule has 20 heteroatoms. The van der Waals surface area contributed by atoms with E-state index in [9.17, 15) is 61.5 Å². The van der Waals surface area contributed by atoms with Crippen LogP contribution in [0.2, 0.25) is 0 Å². The molecular weight excluding hydrogens is 686 g/mol. The predicted octanol–water partition coefficient (Wildman–Crippen LogP) is 9.25. The van der Waals surface area contributed by atoms with E-state index in [1.54, 1.807) is 0 Å². The molecular formula is C26F18O2. The molecule has 242 valence electrons. The molecule has 4 aromatic rings. The summed E-state index contributed by atoms with van der Waals surface area (Å²) in [7, 11) is 0. The van der Waals surface area contributed by atoms with Gasteiger partial charge in [-0.05, 0) is 0 Å². The predicted molar refractivity (Wildman–Crippen MR) is 110 cm³/mol. The maximum absolute atomic E-state index is 15.3. The lowest BCUT2D eigenvalue weighted by Crippen LogP contribution is -2.21. The van der Waals surface area contributed by atoms with Crippen molar-refractivity contribution in [2.45, 2.75) is 11.8 Å². The van der Waals surface area contributed by atoms with Gasteiger partial charge in [-0.2, -0.15) is 26.3 Å². The fraction of sp³-hybridized carbons (Fsp3) is 0.0769. The van der Waals surface area contributed by atoms with Crippen LogP contribution < -0.4 is 9.78 Å². The van der Waals surface area contributed by atoms with Crippen molar-refractivity contribution < 1.29 is 88.8 Å². The summed E-state index contributed by atoms with van der Waals surface area (Å²) >= 11 is 0. The Labute approximate surface area is 238 Å². The van der Waals surface area contributed by atoms with Gasteiger partial charge in [-0.25, -0.2) is 52.7 Å².